The minimum absolute atomic E-state index is 0.639. The number of fused-ring (bicyclic) bond motifs is 2. The number of anilines is 2. The number of piperazine rings is 1. The number of aromatic amines is 1. The zero-order valence-electron chi connectivity index (χ0n) is 22.6. The van der Waals surface area contributed by atoms with E-state index in [1.165, 1.54) is 0 Å². The number of hydrogen-bond donors (Lipinski definition) is 2. The van der Waals surface area contributed by atoms with Crippen LogP contribution in [0.3, 0.4) is 0 Å². The number of methoxy groups -OCH3 is 1. The summed E-state index contributed by atoms with van der Waals surface area (Å²) < 4.78 is 5.87. The average molecular weight is 512 g/mol. The minimum Gasteiger partial charge on any atom is -0.495 e. The molecular weight excluding hydrogens is 474 g/mol. The average Bonchev–Trinajstić information content (AvgIpc) is 3.35. The molecule has 1 saturated heterocycles. The second kappa shape index (κ2) is 10.5. The van der Waals surface area contributed by atoms with E-state index in [1.54, 1.807) is 7.11 Å². The number of likely N-dealkylation sites (N-methyl/N-ethyl adjacent to an activating group) is 1. The highest BCUT2D eigenvalue weighted by atomic mass is 16.5. The van der Waals surface area contributed by atoms with Crippen molar-refractivity contribution in [2.75, 3.05) is 56.6 Å². The molecule has 8 nitrogen and oxygen atoms in total. The number of rotatable bonds is 5. The largest absolute Gasteiger partial charge is 0.495 e. The second-order valence-corrected chi connectivity index (χ2v) is 10.5. The maximum atomic E-state index is 5.87. The van der Waals surface area contributed by atoms with Crippen molar-refractivity contribution in [2.45, 2.75) is 26.7 Å². The first-order chi connectivity index (χ1) is 18.6. The number of ether oxygens (including phenoxy) is 1. The van der Waals surface area contributed by atoms with Crippen molar-refractivity contribution >= 4 is 33.8 Å². The number of aromatic nitrogens is 2. The van der Waals surface area contributed by atoms with E-state index in [2.05, 4.69) is 92.7 Å². The first-order valence-corrected chi connectivity index (χ1v) is 13.7. The van der Waals surface area contributed by atoms with Crippen LogP contribution in [0.2, 0.25) is 0 Å². The molecule has 3 aromatic rings. The van der Waals surface area contributed by atoms with Gasteiger partial charge in [0.1, 0.15) is 5.75 Å². The Hall–Kier alpha value is -3.78. The zero-order chi connectivity index (χ0) is 26.1. The molecule has 1 fully saturated rings. The summed E-state index contributed by atoms with van der Waals surface area (Å²) >= 11 is 0. The molecule has 0 aliphatic carbocycles. The first-order valence-electron chi connectivity index (χ1n) is 13.7. The Morgan fingerprint density at radius 1 is 1.08 bits per heavy atom. The Labute approximate surface area is 224 Å². The van der Waals surface area contributed by atoms with E-state index >= 15 is 0 Å². The lowest BCUT2D eigenvalue weighted by Gasteiger charge is -2.36. The van der Waals surface area contributed by atoms with E-state index in [9.17, 15) is 0 Å². The van der Waals surface area contributed by atoms with Crippen molar-refractivity contribution in [3.8, 4) is 5.75 Å². The van der Waals surface area contributed by atoms with E-state index in [0.717, 1.165) is 103 Å². The number of amidine groups is 1. The van der Waals surface area contributed by atoms with Gasteiger partial charge in [-0.15, -0.1) is 0 Å². The van der Waals surface area contributed by atoms with Crippen LogP contribution >= 0.6 is 0 Å². The van der Waals surface area contributed by atoms with E-state index in [1.807, 2.05) is 6.20 Å². The van der Waals surface area contributed by atoms with Gasteiger partial charge in [-0.05, 0) is 43.5 Å². The predicted octanol–water partition coefficient (Wildman–Crippen LogP) is 5.15. The van der Waals surface area contributed by atoms with Gasteiger partial charge in [-0.1, -0.05) is 32.1 Å². The first kappa shape index (κ1) is 24.6. The standard InChI is InChI=1S/C30H37N7O/c1-4-35-13-15-36(16-14-35)27-10-8-24(18-29(27)38-3)32-30-28-9-5-21(2)11-12-37(28)20-26(33-30)22-6-7-23-19-31-34-25(23)17-22/h6-10,17-21H,4-5,11-16H2,1-3H3,(H,31,34)(H,32,33). The van der Waals surface area contributed by atoms with E-state index < -0.39 is 0 Å². The molecule has 0 radical (unpaired) electrons. The number of aliphatic imine (C=N–C) groups is 1. The van der Waals surface area contributed by atoms with Crippen molar-refractivity contribution in [1.29, 1.82) is 0 Å². The normalized spacial score (nSPS) is 20.4. The molecule has 4 heterocycles. The topological polar surface area (TPSA) is 72.0 Å². The quantitative estimate of drug-likeness (QED) is 0.494. The number of H-pyrrole nitrogens is 1. The summed E-state index contributed by atoms with van der Waals surface area (Å²) in [4.78, 5) is 12.4. The molecule has 0 saturated carbocycles. The van der Waals surface area contributed by atoms with Crippen molar-refractivity contribution in [2.24, 2.45) is 10.9 Å². The van der Waals surface area contributed by atoms with Gasteiger partial charge in [0, 0.05) is 61.6 Å². The van der Waals surface area contributed by atoms with Crippen LogP contribution in [0.4, 0.5) is 11.4 Å². The minimum atomic E-state index is 0.639. The van der Waals surface area contributed by atoms with Crippen molar-refractivity contribution < 1.29 is 4.74 Å². The molecule has 0 amide bonds. The molecule has 1 unspecified atom stereocenters. The lowest BCUT2D eigenvalue weighted by Crippen LogP contribution is -2.46. The smallest absolute Gasteiger partial charge is 0.154 e. The Morgan fingerprint density at radius 3 is 2.76 bits per heavy atom. The third-order valence-corrected chi connectivity index (χ3v) is 7.98. The molecule has 38 heavy (non-hydrogen) atoms. The summed E-state index contributed by atoms with van der Waals surface area (Å²) in [5, 5.41) is 12.0. The van der Waals surface area contributed by atoms with E-state index in [-0.39, 0.29) is 0 Å². The number of nitrogens with one attached hydrogen (secondary N) is 2. The van der Waals surface area contributed by atoms with Gasteiger partial charge in [0.05, 0.1) is 35.9 Å². The van der Waals surface area contributed by atoms with E-state index in [4.69, 9.17) is 9.73 Å². The van der Waals surface area contributed by atoms with Gasteiger partial charge in [0.15, 0.2) is 5.84 Å². The monoisotopic (exact) mass is 511 g/mol. The summed E-state index contributed by atoms with van der Waals surface area (Å²) in [6.45, 7) is 10.8. The highest BCUT2D eigenvalue weighted by Gasteiger charge is 2.25. The third-order valence-electron chi connectivity index (χ3n) is 7.98. The number of nitrogens with zero attached hydrogens (tertiary/aromatic N) is 5. The highest BCUT2D eigenvalue weighted by Crippen LogP contribution is 2.34. The van der Waals surface area contributed by atoms with Crippen molar-refractivity contribution in [3.63, 3.8) is 0 Å². The van der Waals surface area contributed by atoms with Crippen molar-refractivity contribution in [1.82, 2.24) is 20.0 Å². The Morgan fingerprint density at radius 2 is 1.95 bits per heavy atom. The predicted molar refractivity (Wildman–Crippen MR) is 156 cm³/mol. The number of allylic oxidation sites excluding steroid dienone is 1. The fourth-order valence-electron chi connectivity index (χ4n) is 5.53. The van der Waals surface area contributed by atoms with Crippen LogP contribution in [0, 0.1) is 5.92 Å². The van der Waals surface area contributed by atoms with Crippen LogP contribution < -0.4 is 15.0 Å². The maximum Gasteiger partial charge on any atom is 0.154 e. The van der Waals surface area contributed by atoms with Gasteiger partial charge < -0.3 is 24.8 Å². The van der Waals surface area contributed by atoms with Crippen LogP contribution in [-0.2, 0) is 0 Å². The van der Waals surface area contributed by atoms with Crippen LogP contribution in [0.15, 0.2) is 65.6 Å². The third kappa shape index (κ3) is 4.88. The number of hydrogen-bond acceptors (Lipinski definition) is 7. The van der Waals surface area contributed by atoms with Gasteiger partial charge in [0.25, 0.3) is 0 Å². The Kier molecular flexibility index (Phi) is 6.81. The molecule has 3 aliphatic rings. The molecule has 1 atom stereocenters. The van der Waals surface area contributed by atoms with Gasteiger partial charge >= 0.3 is 0 Å². The fourth-order valence-corrected chi connectivity index (χ4v) is 5.53. The van der Waals surface area contributed by atoms with Crippen LogP contribution in [0.5, 0.6) is 5.75 Å². The molecule has 0 bridgehead atoms. The molecule has 3 aliphatic heterocycles. The molecule has 6 rings (SSSR count). The fraction of sp³-hybridized carbons (Fsp3) is 0.400. The molecule has 0 spiro atoms. The maximum absolute atomic E-state index is 5.87. The van der Waals surface area contributed by atoms with Crippen LogP contribution in [0.25, 0.3) is 16.6 Å². The van der Waals surface area contributed by atoms with E-state index in [0.29, 0.717) is 5.92 Å². The summed E-state index contributed by atoms with van der Waals surface area (Å²) in [5.41, 5.74) is 6.28. The second-order valence-electron chi connectivity index (χ2n) is 10.5. The van der Waals surface area contributed by atoms with Crippen molar-refractivity contribution in [3.05, 3.63) is 66.1 Å². The van der Waals surface area contributed by atoms with Gasteiger partial charge in [-0.25, -0.2) is 4.99 Å². The van der Waals surface area contributed by atoms with Gasteiger partial charge in [-0.2, -0.15) is 5.10 Å². The molecule has 2 N–H and O–H groups in total. The lowest BCUT2D eigenvalue weighted by atomic mass is 10.1. The number of benzene rings is 2. The van der Waals surface area contributed by atoms with Crippen LogP contribution in [0.1, 0.15) is 32.3 Å². The molecule has 1 aromatic heterocycles. The van der Waals surface area contributed by atoms with Gasteiger partial charge in [-0.3, -0.25) is 5.10 Å². The Bertz CT molecular complexity index is 1400. The molecule has 198 valence electrons. The molecule has 2 aromatic carbocycles. The summed E-state index contributed by atoms with van der Waals surface area (Å²) in [6.07, 6.45) is 8.55. The lowest BCUT2D eigenvalue weighted by molar-refractivity contribution is 0.270. The molecule has 8 heteroatoms. The SMILES string of the molecule is CCN1CCN(c2ccc(NC3=NC(c4ccc5cn[nH]c5c4)=CN4CCC(C)CC=C34)cc2OC)CC1. The summed E-state index contributed by atoms with van der Waals surface area (Å²) in [6, 6.07) is 12.8. The molecular formula is C30H37N7O. The zero-order valence-corrected chi connectivity index (χ0v) is 22.6. The summed E-state index contributed by atoms with van der Waals surface area (Å²) in [5.74, 6) is 2.39. The summed E-state index contributed by atoms with van der Waals surface area (Å²) in [7, 11) is 1.76. The highest BCUT2D eigenvalue weighted by molar-refractivity contribution is 6.11. The van der Waals surface area contributed by atoms with Gasteiger partial charge in [0.2, 0.25) is 0 Å². The Balaban J connectivity index is 1.31. The van der Waals surface area contributed by atoms with Crippen LogP contribution in [-0.4, -0.2) is 72.2 Å².